The molecule has 0 fully saturated rings. The summed E-state index contributed by atoms with van der Waals surface area (Å²) in [6.45, 7) is 0. The first-order valence-corrected chi connectivity index (χ1v) is 11.2. The van der Waals surface area contributed by atoms with Gasteiger partial charge in [0.2, 0.25) is 0 Å². The van der Waals surface area contributed by atoms with Crippen molar-refractivity contribution in [2.75, 3.05) is 0 Å². The van der Waals surface area contributed by atoms with E-state index in [4.69, 9.17) is 16.6 Å². The van der Waals surface area contributed by atoms with Crippen LogP contribution in [0, 0.1) is 0 Å². The summed E-state index contributed by atoms with van der Waals surface area (Å²) in [5.41, 5.74) is 32.2. The van der Waals surface area contributed by atoms with Crippen molar-refractivity contribution >= 4 is 15.9 Å². The van der Waals surface area contributed by atoms with Crippen molar-refractivity contribution in [3.8, 4) is 22.3 Å². The second-order valence-corrected chi connectivity index (χ2v) is 8.32. The maximum Gasteiger partial charge on any atom is 1.00 e. The van der Waals surface area contributed by atoms with Gasteiger partial charge in [0.1, 0.15) is 0 Å². The summed E-state index contributed by atoms with van der Waals surface area (Å²) in [7, 11) is 0. The van der Waals surface area contributed by atoms with Crippen LogP contribution in [0.15, 0.2) is 102 Å². The molecule has 0 aliphatic heterocycles. The van der Waals surface area contributed by atoms with E-state index in [-0.39, 0.29) is 35.6 Å². The summed E-state index contributed by atoms with van der Waals surface area (Å²) in [5.74, 6) is 0. The summed E-state index contributed by atoms with van der Waals surface area (Å²) >= 11 is 3.74. The molecule has 160 valence electrons. The zero-order valence-electron chi connectivity index (χ0n) is 18.5. The van der Waals surface area contributed by atoms with Gasteiger partial charge in [0, 0.05) is 4.91 Å². The van der Waals surface area contributed by atoms with Crippen molar-refractivity contribution in [2.45, 2.75) is 10.9 Å². The van der Waals surface area contributed by atoms with Crippen LogP contribution in [0.25, 0.3) is 48.7 Å². The van der Waals surface area contributed by atoms with Gasteiger partial charge in [-0.05, 0) is 50.0 Å². The molecule has 8 heteroatoms. The first-order valence-electron chi connectivity index (χ1n) is 10.2. The Kier molecular flexibility index (Phi) is 8.97. The number of alkyl halides is 1. The van der Waals surface area contributed by atoms with Crippen molar-refractivity contribution in [3.05, 3.63) is 146 Å². The van der Waals surface area contributed by atoms with E-state index in [1.54, 1.807) is 0 Å². The van der Waals surface area contributed by atoms with E-state index in [0.717, 1.165) is 11.1 Å². The van der Waals surface area contributed by atoms with Crippen LogP contribution in [0.2, 0.25) is 0 Å². The molecule has 4 aromatic rings. The van der Waals surface area contributed by atoms with Crippen molar-refractivity contribution in [1.29, 1.82) is 0 Å². The average molecular weight is 517 g/mol. The number of hydrogen-bond acceptors (Lipinski definition) is 1. The summed E-state index contributed by atoms with van der Waals surface area (Å²) < 4.78 is 0. The van der Waals surface area contributed by atoms with E-state index >= 15 is 0 Å². The molecule has 2 aliphatic carbocycles. The van der Waals surface area contributed by atoms with Crippen LogP contribution in [0.5, 0.6) is 0 Å². The molecule has 0 spiro atoms. The van der Waals surface area contributed by atoms with Gasteiger partial charge < -0.3 is 11.1 Å². The molecule has 0 unspecified atom stereocenters. The van der Waals surface area contributed by atoms with Gasteiger partial charge in [0.05, 0.1) is 10.9 Å². The van der Waals surface area contributed by atoms with Crippen molar-refractivity contribution in [3.63, 3.8) is 0 Å². The summed E-state index contributed by atoms with van der Waals surface area (Å²) in [6, 6.07) is 33.1. The minimum atomic E-state index is -0.169. The van der Waals surface area contributed by atoms with E-state index in [1.165, 1.54) is 38.3 Å². The van der Waals surface area contributed by atoms with Crippen LogP contribution < -0.4 is 29.6 Å². The molecule has 0 N–H and O–H groups in total. The minimum absolute atomic E-state index is 0. The van der Waals surface area contributed by atoms with Crippen LogP contribution in [0.1, 0.15) is 33.1 Å². The third-order valence-corrected chi connectivity index (χ3v) is 6.71. The predicted octanol–water partition coefficient (Wildman–Crippen LogP) is 6.09. The Morgan fingerprint density at radius 1 is 0.559 bits per heavy atom. The molecule has 0 atom stereocenters. The Morgan fingerprint density at radius 3 is 1.21 bits per heavy atom. The third-order valence-electron chi connectivity index (χ3n) is 5.73. The molecule has 0 radical (unpaired) electrons. The topological polar surface area (TPSA) is 107 Å². The van der Waals surface area contributed by atoms with Gasteiger partial charge >= 0.3 is 29.6 Å². The number of azide groups is 1. The van der Waals surface area contributed by atoms with Crippen LogP contribution in [-0.4, -0.2) is 0 Å². The Bertz CT molecular complexity index is 1300. The Balaban J connectivity index is 0.000000168. The van der Waals surface area contributed by atoms with E-state index < -0.39 is 0 Å². The number of fused-ring (bicyclic) bond motifs is 6. The van der Waals surface area contributed by atoms with Crippen LogP contribution in [0.3, 0.4) is 0 Å². The smallest absolute Gasteiger partial charge is 0.373 e. The average Bonchev–Trinajstić information content (AvgIpc) is 3.34. The largest absolute Gasteiger partial charge is 1.00 e. The molecule has 0 saturated heterocycles. The maximum atomic E-state index is 8.64. The van der Waals surface area contributed by atoms with Gasteiger partial charge in [-0.1, -0.05) is 118 Å². The SMILES string of the molecule is BrC1c2ccccc2-c2ccccc21.[N-]=[N+]=NC1c2ccccc2-c2ccccc21.[N-]=[N+]=[N-].[Na+]. The van der Waals surface area contributed by atoms with Crippen LogP contribution in [0.4, 0.5) is 0 Å². The molecular weight excluding hydrogens is 499 g/mol. The fourth-order valence-electron chi connectivity index (χ4n) is 4.40. The van der Waals surface area contributed by atoms with Gasteiger partial charge in [-0.3, -0.25) is 4.91 Å². The molecule has 0 heterocycles. The predicted molar refractivity (Wildman–Crippen MR) is 136 cm³/mol. The van der Waals surface area contributed by atoms with Gasteiger partial charge in [-0.15, -0.1) is 0 Å². The quantitative estimate of drug-likeness (QED) is 0.0958. The zero-order chi connectivity index (χ0) is 23.2. The number of hydrogen-bond donors (Lipinski definition) is 0. The summed E-state index contributed by atoms with van der Waals surface area (Å²) in [4.78, 5) is 4.81. The maximum absolute atomic E-state index is 8.64. The first-order chi connectivity index (χ1) is 16.2. The molecule has 6 rings (SSSR count). The van der Waals surface area contributed by atoms with Crippen molar-refractivity contribution in [1.82, 2.24) is 0 Å². The summed E-state index contributed by atoms with van der Waals surface area (Å²) in [5, 5.41) is 3.89. The van der Waals surface area contributed by atoms with Crippen molar-refractivity contribution < 1.29 is 29.6 Å². The molecule has 6 nitrogen and oxygen atoms in total. The molecule has 0 amide bonds. The van der Waals surface area contributed by atoms with Gasteiger partial charge in [0.25, 0.3) is 0 Å². The van der Waals surface area contributed by atoms with Crippen LogP contribution in [-0.2, 0) is 0 Å². The number of rotatable bonds is 1. The molecular formula is C26H18BrN6Na. The molecule has 2 aliphatic rings. The fraction of sp³-hybridized carbons (Fsp3) is 0.0769. The second-order valence-electron chi connectivity index (χ2n) is 7.41. The summed E-state index contributed by atoms with van der Waals surface area (Å²) in [6.07, 6.45) is 0. The second kappa shape index (κ2) is 11.9. The molecule has 0 saturated carbocycles. The first kappa shape index (κ1) is 25.6. The fourth-order valence-corrected chi connectivity index (χ4v) is 5.20. The number of halogens is 1. The third kappa shape index (κ3) is 4.91. The zero-order valence-corrected chi connectivity index (χ0v) is 22.0. The van der Waals surface area contributed by atoms with E-state index in [0.29, 0.717) is 4.83 Å². The Labute approximate surface area is 228 Å². The molecule has 0 bridgehead atoms. The Morgan fingerprint density at radius 2 is 0.853 bits per heavy atom. The number of nitrogens with zero attached hydrogens (tertiary/aromatic N) is 6. The normalized spacial score (nSPS) is 11.9. The van der Waals surface area contributed by atoms with Gasteiger partial charge in [-0.2, -0.15) is 0 Å². The number of benzene rings is 4. The van der Waals surface area contributed by atoms with Gasteiger partial charge in [0.15, 0.2) is 0 Å². The standard InChI is InChI=1S/C13H9Br.C13H9N3.N3.Na/c14-13-11-7-3-1-5-9(11)10-6-2-4-8-12(10)13;14-16-15-13-11-7-3-1-5-9(11)10-6-2-4-8-12(10)13;1-3-2;/h1-8,13H;1-8,13H;;/q;;-1;+1. The molecule has 4 aromatic carbocycles. The van der Waals surface area contributed by atoms with Crippen molar-refractivity contribution in [2.24, 2.45) is 5.11 Å². The minimum Gasteiger partial charge on any atom is -0.373 e. The molecule has 34 heavy (non-hydrogen) atoms. The van der Waals surface area contributed by atoms with E-state index in [1.807, 2.05) is 36.4 Å². The Hall–Kier alpha value is -3.02. The molecule has 0 aromatic heterocycles. The van der Waals surface area contributed by atoms with E-state index in [9.17, 15) is 0 Å². The van der Waals surface area contributed by atoms with E-state index in [2.05, 4.69) is 86.6 Å². The van der Waals surface area contributed by atoms with Crippen LogP contribution >= 0.6 is 15.9 Å². The van der Waals surface area contributed by atoms with Gasteiger partial charge in [-0.25, -0.2) is 0 Å². The monoisotopic (exact) mass is 516 g/mol.